The largest absolute Gasteiger partial charge is 0.489 e. The first-order chi connectivity index (χ1) is 20.2. The lowest BCUT2D eigenvalue weighted by Gasteiger charge is -2.13. The van der Waals surface area contributed by atoms with Crippen LogP contribution in [0.2, 0.25) is 0 Å². The van der Waals surface area contributed by atoms with E-state index in [9.17, 15) is 4.79 Å². The molecule has 0 unspecified atom stereocenters. The Balaban J connectivity index is 1.32. The van der Waals surface area contributed by atoms with E-state index in [1.54, 1.807) is 18.2 Å². The molecule has 0 aliphatic rings. The van der Waals surface area contributed by atoms with E-state index in [-0.39, 0.29) is 17.8 Å². The van der Waals surface area contributed by atoms with E-state index in [1.807, 2.05) is 115 Å². The minimum atomic E-state index is -0.240. The number of fused-ring (bicyclic) bond motifs is 1. The number of rotatable bonds is 10. The van der Waals surface area contributed by atoms with Gasteiger partial charge in [0.1, 0.15) is 36.9 Å². The van der Waals surface area contributed by atoms with Gasteiger partial charge < -0.3 is 18.6 Å². The Bertz CT molecular complexity index is 1780. The Morgan fingerprint density at radius 2 is 1.00 bits per heavy atom. The molecule has 0 aliphatic carbocycles. The van der Waals surface area contributed by atoms with Crippen molar-refractivity contribution in [1.29, 1.82) is 0 Å². The molecule has 0 atom stereocenters. The predicted molar refractivity (Wildman–Crippen MR) is 160 cm³/mol. The lowest BCUT2D eigenvalue weighted by molar-refractivity contribution is 0.297. The fraction of sp³-hybridized carbons (Fsp3) is 0.0833. The highest BCUT2D eigenvalue weighted by Crippen LogP contribution is 2.34. The summed E-state index contributed by atoms with van der Waals surface area (Å²) < 4.78 is 24.4. The summed E-state index contributed by atoms with van der Waals surface area (Å²) in [5.41, 5.74) is 3.97. The Hall–Kier alpha value is -5.29. The van der Waals surface area contributed by atoms with Gasteiger partial charge in [-0.1, -0.05) is 91.0 Å². The second-order valence-corrected chi connectivity index (χ2v) is 9.59. The summed E-state index contributed by atoms with van der Waals surface area (Å²) in [6, 6.07) is 42.4. The Morgan fingerprint density at radius 3 is 1.56 bits per heavy atom. The van der Waals surface area contributed by atoms with Crippen molar-refractivity contribution in [3.8, 4) is 28.6 Å². The Morgan fingerprint density at radius 1 is 0.512 bits per heavy atom. The van der Waals surface area contributed by atoms with Gasteiger partial charge in [-0.3, -0.25) is 4.79 Å². The van der Waals surface area contributed by atoms with E-state index in [0.717, 1.165) is 16.7 Å². The second-order valence-electron chi connectivity index (χ2n) is 9.59. The van der Waals surface area contributed by atoms with Gasteiger partial charge in [-0.2, -0.15) is 0 Å². The lowest BCUT2D eigenvalue weighted by Crippen LogP contribution is -2.10. The van der Waals surface area contributed by atoms with E-state index in [1.165, 1.54) is 0 Å². The van der Waals surface area contributed by atoms with Crippen molar-refractivity contribution in [3.63, 3.8) is 0 Å². The van der Waals surface area contributed by atoms with Gasteiger partial charge >= 0.3 is 0 Å². The van der Waals surface area contributed by atoms with Crippen LogP contribution < -0.4 is 19.6 Å². The SMILES string of the molecule is O=c1c(OCc2ccccc2)c(-c2ccc(OCc3ccccc3)cc2)oc2cc(OCc3ccccc3)ccc12. The van der Waals surface area contributed by atoms with Crippen molar-refractivity contribution in [2.45, 2.75) is 19.8 Å². The monoisotopic (exact) mass is 540 g/mol. The molecular formula is C36H28O5. The van der Waals surface area contributed by atoms with Gasteiger partial charge in [-0.25, -0.2) is 0 Å². The highest BCUT2D eigenvalue weighted by molar-refractivity contribution is 5.83. The zero-order valence-electron chi connectivity index (χ0n) is 22.4. The molecule has 1 heterocycles. The van der Waals surface area contributed by atoms with Crippen molar-refractivity contribution >= 4 is 11.0 Å². The van der Waals surface area contributed by atoms with Crippen LogP contribution in [0.25, 0.3) is 22.3 Å². The van der Waals surface area contributed by atoms with Gasteiger partial charge in [0.15, 0.2) is 5.76 Å². The van der Waals surface area contributed by atoms with Crippen molar-refractivity contribution < 1.29 is 18.6 Å². The average molecular weight is 541 g/mol. The van der Waals surface area contributed by atoms with E-state index in [0.29, 0.717) is 47.0 Å². The maximum Gasteiger partial charge on any atom is 0.235 e. The average Bonchev–Trinajstić information content (AvgIpc) is 3.04. The molecule has 0 bridgehead atoms. The van der Waals surface area contributed by atoms with Crippen LogP contribution in [0.4, 0.5) is 0 Å². The number of ether oxygens (including phenoxy) is 3. The summed E-state index contributed by atoms with van der Waals surface area (Å²) in [6.45, 7) is 1.11. The van der Waals surface area contributed by atoms with Crippen LogP contribution in [0.1, 0.15) is 16.7 Å². The summed E-state index contributed by atoms with van der Waals surface area (Å²) in [5, 5.41) is 0.423. The molecular weight excluding hydrogens is 512 g/mol. The molecule has 5 heteroatoms. The zero-order chi connectivity index (χ0) is 27.9. The maximum atomic E-state index is 13.7. The molecule has 0 fully saturated rings. The third kappa shape index (κ3) is 6.31. The second kappa shape index (κ2) is 12.3. The summed E-state index contributed by atoms with van der Waals surface area (Å²) in [6.07, 6.45) is 0. The Kier molecular flexibility index (Phi) is 7.77. The molecule has 0 saturated carbocycles. The van der Waals surface area contributed by atoms with E-state index in [4.69, 9.17) is 18.6 Å². The maximum absolute atomic E-state index is 13.7. The van der Waals surface area contributed by atoms with Crippen LogP contribution >= 0.6 is 0 Å². The van der Waals surface area contributed by atoms with Crippen molar-refractivity contribution in [2.75, 3.05) is 0 Å². The normalized spacial score (nSPS) is 10.8. The van der Waals surface area contributed by atoms with Gasteiger partial charge in [0.05, 0.1) is 5.39 Å². The van der Waals surface area contributed by atoms with Crippen LogP contribution in [-0.2, 0) is 19.8 Å². The van der Waals surface area contributed by atoms with Gasteiger partial charge in [0.2, 0.25) is 11.2 Å². The summed E-state index contributed by atoms with van der Waals surface area (Å²) in [7, 11) is 0. The summed E-state index contributed by atoms with van der Waals surface area (Å²) in [5.74, 6) is 1.84. The van der Waals surface area contributed by atoms with Crippen LogP contribution in [0.3, 0.4) is 0 Å². The highest BCUT2D eigenvalue weighted by atomic mass is 16.5. The minimum absolute atomic E-state index is 0.164. The molecule has 202 valence electrons. The van der Waals surface area contributed by atoms with Crippen molar-refractivity contribution in [2.24, 2.45) is 0 Å². The molecule has 6 aromatic rings. The number of hydrogen-bond donors (Lipinski definition) is 0. The third-order valence-electron chi connectivity index (χ3n) is 6.66. The summed E-state index contributed by atoms with van der Waals surface area (Å²) >= 11 is 0. The number of benzene rings is 5. The van der Waals surface area contributed by atoms with Crippen LogP contribution in [0.5, 0.6) is 17.2 Å². The molecule has 0 aliphatic heterocycles. The van der Waals surface area contributed by atoms with E-state index < -0.39 is 0 Å². The topological polar surface area (TPSA) is 57.9 Å². The molecule has 0 spiro atoms. The van der Waals surface area contributed by atoms with Crippen molar-refractivity contribution in [3.05, 3.63) is 160 Å². The molecule has 5 aromatic carbocycles. The first-order valence-electron chi connectivity index (χ1n) is 13.4. The molecule has 0 amide bonds. The number of hydrogen-bond acceptors (Lipinski definition) is 5. The highest BCUT2D eigenvalue weighted by Gasteiger charge is 2.19. The van der Waals surface area contributed by atoms with Crippen LogP contribution in [-0.4, -0.2) is 0 Å². The molecule has 1 aromatic heterocycles. The molecule has 0 saturated heterocycles. The third-order valence-corrected chi connectivity index (χ3v) is 6.66. The Labute approximate surface area is 238 Å². The zero-order valence-corrected chi connectivity index (χ0v) is 22.4. The van der Waals surface area contributed by atoms with Gasteiger partial charge in [-0.15, -0.1) is 0 Å². The van der Waals surface area contributed by atoms with Gasteiger partial charge in [0.25, 0.3) is 0 Å². The molecule has 41 heavy (non-hydrogen) atoms. The quantitative estimate of drug-likeness (QED) is 0.175. The van der Waals surface area contributed by atoms with Gasteiger partial charge in [-0.05, 0) is 53.1 Å². The van der Waals surface area contributed by atoms with Crippen LogP contribution in [0.15, 0.2) is 143 Å². The molecule has 0 N–H and O–H groups in total. The lowest BCUT2D eigenvalue weighted by atomic mass is 10.1. The molecule has 6 rings (SSSR count). The fourth-order valence-electron chi connectivity index (χ4n) is 4.48. The predicted octanol–water partition coefficient (Wildman–Crippen LogP) is 8.20. The minimum Gasteiger partial charge on any atom is -0.489 e. The summed E-state index contributed by atoms with van der Waals surface area (Å²) in [4.78, 5) is 13.7. The first-order valence-corrected chi connectivity index (χ1v) is 13.4. The molecule has 0 radical (unpaired) electrons. The smallest absolute Gasteiger partial charge is 0.235 e. The van der Waals surface area contributed by atoms with E-state index in [2.05, 4.69) is 0 Å². The first kappa shape index (κ1) is 26.0. The van der Waals surface area contributed by atoms with Crippen molar-refractivity contribution in [1.82, 2.24) is 0 Å². The van der Waals surface area contributed by atoms with E-state index >= 15 is 0 Å². The standard InChI is InChI=1S/C36H28O5/c37-34-32-21-20-31(39-24-27-12-6-2-7-13-27)22-33(32)41-35(36(34)40-25-28-14-8-3-9-15-28)29-16-18-30(19-17-29)38-23-26-10-4-1-5-11-26/h1-22H,23-25H2. The molecule has 5 nitrogen and oxygen atoms in total. The fourth-order valence-corrected chi connectivity index (χ4v) is 4.48. The van der Waals surface area contributed by atoms with Gasteiger partial charge in [0, 0.05) is 11.6 Å². The van der Waals surface area contributed by atoms with Crippen LogP contribution in [0, 0.1) is 0 Å².